The molecule has 26 heavy (non-hydrogen) atoms. The quantitative estimate of drug-likeness (QED) is 0.825. The molecule has 0 aliphatic carbocycles. The van der Waals surface area contributed by atoms with Crippen LogP contribution in [-0.4, -0.2) is 46.5 Å². The summed E-state index contributed by atoms with van der Waals surface area (Å²) in [6.45, 7) is 4.85. The summed E-state index contributed by atoms with van der Waals surface area (Å²) in [7, 11) is 0.449. The van der Waals surface area contributed by atoms with Gasteiger partial charge in [0.15, 0.2) is 0 Å². The number of aryl methyl sites for hydroxylation is 2. The Morgan fingerprint density at radius 1 is 1.08 bits per heavy atom. The van der Waals surface area contributed by atoms with Gasteiger partial charge in [-0.25, -0.2) is 8.42 Å². The predicted octanol–water partition coefficient (Wildman–Crippen LogP) is 3.13. The standard InChI is InChI=1S/C20H26N2O3S/c1-15-5-6-16(2)20(13-15)26(23,24)22-11-12-25-19(14-22)17-7-9-18(10-8-17)21(3)4/h5-10,13,19H,11-12,14H2,1-4H3. The predicted molar refractivity (Wildman–Crippen MR) is 104 cm³/mol. The Bertz CT molecular complexity index is 876. The Morgan fingerprint density at radius 3 is 2.42 bits per heavy atom. The first-order chi connectivity index (χ1) is 12.3. The third-order valence-corrected chi connectivity index (χ3v) is 6.78. The minimum Gasteiger partial charge on any atom is -0.378 e. The molecule has 2 aromatic rings. The largest absolute Gasteiger partial charge is 0.378 e. The SMILES string of the molecule is Cc1ccc(C)c(S(=O)(=O)N2CCOC(c3ccc(N(C)C)cc3)C2)c1. The van der Waals surface area contributed by atoms with E-state index >= 15 is 0 Å². The van der Waals surface area contributed by atoms with Gasteiger partial charge in [-0.15, -0.1) is 0 Å². The van der Waals surface area contributed by atoms with Gasteiger partial charge in [0.1, 0.15) is 0 Å². The van der Waals surface area contributed by atoms with Crippen LogP contribution in [0, 0.1) is 13.8 Å². The lowest BCUT2D eigenvalue weighted by molar-refractivity contribution is -0.00256. The van der Waals surface area contributed by atoms with Gasteiger partial charge in [-0.1, -0.05) is 24.3 Å². The van der Waals surface area contributed by atoms with E-state index in [0.29, 0.717) is 24.6 Å². The minimum absolute atomic E-state index is 0.250. The van der Waals surface area contributed by atoms with Crippen molar-refractivity contribution in [1.29, 1.82) is 0 Å². The van der Waals surface area contributed by atoms with Crippen LogP contribution in [0.3, 0.4) is 0 Å². The number of morpholine rings is 1. The van der Waals surface area contributed by atoms with E-state index in [2.05, 4.69) is 0 Å². The Balaban J connectivity index is 1.84. The minimum atomic E-state index is -3.53. The average molecular weight is 375 g/mol. The number of ether oxygens (including phenoxy) is 1. The summed E-state index contributed by atoms with van der Waals surface area (Å²) in [6, 6.07) is 13.6. The molecule has 0 saturated carbocycles. The second kappa shape index (κ2) is 7.39. The van der Waals surface area contributed by atoms with Gasteiger partial charge in [0.25, 0.3) is 0 Å². The van der Waals surface area contributed by atoms with Crippen molar-refractivity contribution < 1.29 is 13.2 Å². The molecular formula is C20H26N2O3S. The van der Waals surface area contributed by atoms with Gasteiger partial charge in [0, 0.05) is 32.9 Å². The third kappa shape index (κ3) is 3.77. The van der Waals surface area contributed by atoms with E-state index in [0.717, 1.165) is 22.4 Å². The van der Waals surface area contributed by atoms with Crippen LogP contribution >= 0.6 is 0 Å². The fraction of sp³-hybridized carbons (Fsp3) is 0.400. The molecule has 3 rings (SSSR count). The molecule has 6 heteroatoms. The maximum atomic E-state index is 13.1. The van der Waals surface area contributed by atoms with Crippen LogP contribution < -0.4 is 4.90 Å². The number of anilines is 1. The second-order valence-electron chi connectivity index (χ2n) is 6.98. The van der Waals surface area contributed by atoms with Crippen LogP contribution in [0.4, 0.5) is 5.69 Å². The first kappa shape index (κ1) is 18.9. The lowest BCUT2D eigenvalue weighted by Crippen LogP contribution is -2.42. The maximum Gasteiger partial charge on any atom is 0.243 e. The van der Waals surface area contributed by atoms with Gasteiger partial charge in [-0.05, 0) is 48.7 Å². The third-order valence-electron chi connectivity index (χ3n) is 4.77. The van der Waals surface area contributed by atoms with Crippen molar-refractivity contribution in [3.63, 3.8) is 0 Å². The van der Waals surface area contributed by atoms with Gasteiger partial charge in [0.05, 0.1) is 17.6 Å². The van der Waals surface area contributed by atoms with E-state index in [-0.39, 0.29) is 6.10 Å². The molecular weight excluding hydrogens is 348 g/mol. The topological polar surface area (TPSA) is 49.9 Å². The van der Waals surface area contributed by atoms with Crippen molar-refractivity contribution in [3.05, 3.63) is 59.2 Å². The maximum absolute atomic E-state index is 13.1. The summed E-state index contributed by atoms with van der Waals surface area (Å²) in [6.07, 6.45) is -0.250. The molecule has 1 aliphatic heterocycles. The molecule has 0 N–H and O–H groups in total. The molecule has 0 amide bonds. The van der Waals surface area contributed by atoms with Crippen molar-refractivity contribution in [2.24, 2.45) is 0 Å². The molecule has 0 aromatic heterocycles. The normalized spacial score (nSPS) is 18.7. The van der Waals surface area contributed by atoms with Crippen molar-refractivity contribution in [2.45, 2.75) is 24.8 Å². The number of benzene rings is 2. The summed E-state index contributed by atoms with van der Waals surface area (Å²) in [4.78, 5) is 2.42. The number of nitrogens with zero attached hydrogens (tertiary/aromatic N) is 2. The van der Waals surface area contributed by atoms with Crippen molar-refractivity contribution in [3.8, 4) is 0 Å². The first-order valence-electron chi connectivity index (χ1n) is 8.75. The van der Waals surface area contributed by atoms with Crippen molar-refractivity contribution >= 4 is 15.7 Å². The van der Waals surface area contributed by atoms with E-state index < -0.39 is 10.0 Å². The van der Waals surface area contributed by atoms with Gasteiger partial charge >= 0.3 is 0 Å². The molecule has 1 aliphatic rings. The van der Waals surface area contributed by atoms with E-state index in [1.807, 2.05) is 69.2 Å². The molecule has 0 spiro atoms. The highest BCUT2D eigenvalue weighted by molar-refractivity contribution is 7.89. The van der Waals surface area contributed by atoms with Crippen LogP contribution in [0.15, 0.2) is 47.4 Å². The first-order valence-corrected chi connectivity index (χ1v) is 10.2. The summed E-state index contributed by atoms with van der Waals surface area (Å²) >= 11 is 0. The van der Waals surface area contributed by atoms with Crippen molar-refractivity contribution in [1.82, 2.24) is 4.31 Å². The monoisotopic (exact) mass is 374 g/mol. The molecule has 1 heterocycles. The van der Waals surface area contributed by atoms with Crippen LogP contribution in [0.5, 0.6) is 0 Å². The average Bonchev–Trinajstić information content (AvgIpc) is 2.64. The Kier molecular flexibility index (Phi) is 5.37. The smallest absolute Gasteiger partial charge is 0.243 e. The van der Waals surface area contributed by atoms with E-state index in [4.69, 9.17) is 4.74 Å². The molecule has 0 radical (unpaired) electrons. The lowest BCUT2D eigenvalue weighted by Gasteiger charge is -2.33. The zero-order valence-electron chi connectivity index (χ0n) is 15.8. The fourth-order valence-corrected chi connectivity index (χ4v) is 4.89. The summed E-state index contributed by atoms with van der Waals surface area (Å²) < 4.78 is 33.7. The Morgan fingerprint density at radius 2 is 1.77 bits per heavy atom. The van der Waals surface area contributed by atoms with E-state index in [1.54, 1.807) is 10.4 Å². The summed E-state index contributed by atoms with van der Waals surface area (Å²) in [5.74, 6) is 0. The van der Waals surface area contributed by atoms with Crippen LogP contribution in [0.25, 0.3) is 0 Å². The summed E-state index contributed by atoms with van der Waals surface area (Å²) in [5.41, 5.74) is 3.81. The molecule has 1 unspecified atom stereocenters. The Hall–Kier alpha value is -1.89. The highest BCUT2D eigenvalue weighted by Gasteiger charge is 2.32. The van der Waals surface area contributed by atoms with E-state index in [9.17, 15) is 8.42 Å². The highest BCUT2D eigenvalue weighted by Crippen LogP contribution is 2.29. The van der Waals surface area contributed by atoms with Gasteiger partial charge in [-0.3, -0.25) is 0 Å². The number of hydrogen-bond acceptors (Lipinski definition) is 4. The zero-order chi connectivity index (χ0) is 18.9. The zero-order valence-corrected chi connectivity index (χ0v) is 16.6. The molecule has 5 nitrogen and oxygen atoms in total. The molecule has 1 atom stereocenters. The lowest BCUT2D eigenvalue weighted by atomic mass is 10.1. The van der Waals surface area contributed by atoms with Gasteiger partial charge in [0.2, 0.25) is 10.0 Å². The second-order valence-corrected chi connectivity index (χ2v) is 8.88. The van der Waals surface area contributed by atoms with E-state index in [1.165, 1.54) is 0 Å². The van der Waals surface area contributed by atoms with Crippen LogP contribution in [0.2, 0.25) is 0 Å². The molecule has 1 saturated heterocycles. The molecule has 2 aromatic carbocycles. The highest BCUT2D eigenvalue weighted by atomic mass is 32.2. The molecule has 140 valence electrons. The molecule has 0 bridgehead atoms. The summed E-state index contributed by atoms with van der Waals surface area (Å²) in [5, 5.41) is 0. The van der Waals surface area contributed by atoms with Gasteiger partial charge < -0.3 is 9.64 Å². The van der Waals surface area contributed by atoms with Crippen LogP contribution in [0.1, 0.15) is 22.8 Å². The van der Waals surface area contributed by atoms with Crippen LogP contribution in [-0.2, 0) is 14.8 Å². The van der Waals surface area contributed by atoms with Gasteiger partial charge in [-0.2, -0.15) is 4.31 Å². The number of sulfonamides is 1. The van der Waals surface area contributed by atoms with Crippen molar-refractivity contribution in [2.75, 3.05) is 38.7 Å². The fourth-order valence-electron chi connectivity index (χ4n) is 3.16. The number of hydrogen-bond donors (Lipinski definition) is 0. The molecule has 1 fully saturated rings. The number of rotatable bonds is 4. The Labute approximate surface area is 156 Å².